The van der Waals surface area contributed by atoms with E-state index in [9.17, 15) is 0 Å². The van der Waals surface area contributed by atoms with Gasteiger partial charge in [-0.2, -0.15) is 0 Å². The highest BCUT2D eigenvalue weighted by Gasteiger charge is 2.07. The maximum atomic E-state index is 5.97. The molecule has 0 amide bonds. The van der Waals surface area contributed by atoms with Crippen molar-refractivity contribution in [1.29, 1.82) is 0 Å². The molecule has 0 spiro atoms. The predicted octanol–water partition coefficient (Wildman–Crippen LogP) is 2.82. The first-order valence-corrected chi connectivity index (χ1v) is 6.54. The molecule has 0 aliphatic heterocycles. The number of rotatable bonds is 4. The molecule has 5 nitrogen and oxygen atoms in total. The van der Waals surface area contributed by atoms with Crippen LogP contribution in [0.5, 0.6) is 5.75 Å². The van der Waals surface area contributed by atoms with Gasteiger partial charge in [0.2, 0.25) is 5.95 Å². The van der Waals surface area contributed by atoms with Crippen LogP contribution in [0.25, 0.3) is 0 Å². The summed E-state index contributed by atoms with van der Waals surface area (Å²) in [6.07, 6.45) is 0. The Kier molecular flexibility index (Phi) is 4.36. The molecule has 0 radical (unpaired) electrons. The molecule has 1 heterocycles. The fraction of sp³-hybridized carbons (Fsp3) is 0.154. The van der Waals surface area contributed by atoms with Crippen LogP contribution >= 0.6 is 23.8 Å². The molecule has 0 saturated heterocycles. The van der Waals surface area contributed by atoms with Gasteiger partial charge in [0.15, 0.2) is 0 Å². The van der Waals surface area contributed by atoms with Crippen LogP contribution in [0.3, 0.4) is 0 Å². The second-order valence-electron chi connectivity index (χ2n) is 4.06. The standard InChI is InChI=1S/C13H13ClN4OS/c1-7-5-10(12(15)20)18-13(16-7)17-8-3-4-9(14)11(6-8)19-2/h3-6H,1-2H3,(H2,15,20)(H,16,17,18). The number of methoxy groups -OCH3 is 1. The van der Waals surface area contributed by atoms with Crippen molar-refractivity contribution < 1.29 is 4.74 Å². The minimum atomic E-state index is 0.229. The first kappa shape index (κ1) is 14.5. The van der Waals surface area contributed by atoms with Crippen LogP contribution in [0, 0.1) is 6.92 Å². The Balaban J connectivity index is 2.32. The molecule has 20 heavy (non-hydrogen) atoms. The Hall–Kier alpha value is -1.92. The number of hydrogen-bond acceptors (Lipinski definition) is 5. The lowest BCUT2D eigenvalue weighted by Crippen LogP contribution is -2.13. The number of nitrogens with two attached hydrogens (primary N) is 1. The number of hydrogen-bond donors (Lipinski definition) is 2. The van der Waals surface area contributed by atoms with Crippen LogP contribution in [0.1, 0.15) is 11.4 Å². The molecule has 1 aromatic heterocycles. The van der Waals surface area contributed by atoms with E-state index in [4.69, 9.17) is 34.3 Å². The van der Waals surface area contributed by atoms with Crippen molar-refractivity contribution in [2.75, 3.05) is 12.4 Å². The van der Waals surface area contributed by atoms with E-state index >= 15 is 0 Å². The molecule has 3 N–H and O–H groups in total. The van der Waals surface area contributed by atoms with E-state index < -0.39 is 0 Å². The molecule has 0 atom stereocenters. The highest BCUT2D eigenvalue weighted by Crippen LogP contribution is 2.28. The van der Waals surface area contributed by atoms with Crippen molar-refractivity contribution >= 4 is 40.4 Å². The number of aromatic nitrogens is 2. The second-order valence-corrected chi connectivity index (χ2v) is 4.90. The van der Waals surface area contributed by atoms with Gasteiger partial charge in [-0.25, -0.2) is 9.97 Å². The fourth-order valence-corrected chi connectivity index (χ4v) is 1.92. The Labute approximate surface area is 127 Å². The van der Waals surface area contributed by atoms with Gasteiger partial charge < -0.3 is 15.8 Å². The van der Waals surface area contributed by atoms with E-state index in [1.807, 2.05) is 6.92 Å². The first-order chi connectivity index (χ1) is 9.49. The zero-order valence-corrected chi connectivity index (χ0v) is 12.5. The summed E-state index contributed by atoms with van der Waals surface area (Å²) >= 11 is 10.9. The average Bonchev–Trinajstić information content (AvgIpc) is 2.40. The number of ether oxygens (including phenoxy) is 1. The number of benzene rings is 1. The lowest BCUT2D eigenvalue weighted by atomic mass is 10.3. The Morgan fingerprint density at radius 1 is 1.35 bits per heavy atom. The van der Waals surface area contributed by atoms with E-state index in [0.29, 0.717) is 22.4 Å². The molecule has 0 fully saturated rings. The van der Waals surface area contributed by atoms with Gasteiger partial charge in [0.25, 0.3) is 0 Å². The molecule has 0 aliphatic rings. The maximum absolute atomic E-state index is 5.97. The van der Waals surface area contributed by atoms with Crippen LogP contribution in [0.2, 0.25) is 5.02 Å². The summed E-state index contributed by atoms with van der Waals surface area (Å²) in [6.45, 7) is 1.84. The van der Waals surface area contributed by atoms with Crippen LogP contribution in [0.4, 0.5) is 11.6 Å². The van der Waals surface area contributed by atoms with E-state index in [1.54, 1.807) is 31.4 Å². The molecular weight excluding hydrogens is 296 g/mol. The lowest BCUT2D eigenvalue weighted by Gasteiger charge is -2.09. The van der Waals surface area contributed by atoms with Gasteiger partial charge >= 0.3 is 0 Å². The van der Waals surface area contributed by atoms with Gasteiger partial charge in [0, 0.05) is 17.4 Å². The molecule has 7 heteroatoms. The summed E-state index contributed by atoms with van der Waals surface area (Å²) in [7, 11) is 1.55. The summed E-state index contributed by atoms with van der Waals surface area (Å²) < 4.78 is 5.16. The van der Waals surface area contributed by atoms with Crippen LogP contribution < -0.4 is 15.8 Å². The molecule has 0 aliphatic carbocycles. The molecule has 0 bridgehead atoms. The largest absolute Gasteiger partial charge is 0.495 e. The van der Waals surface area contributed by atoms with E-state index in [0.717, 1.165) is 11.4 Å². The number of anilines is 2. The first-order valence-electron chi connectivity index (χ1n) is 5.75. The van der Waals surface area contributed by atoms with Crippen molar-refractivity contribution in [2.45, 2.75) is 6.92 Å². The van der Waals surface area contributed by atoms with Crippen LogP contribution in [0.15, 0.2) is 24.3 Å². The number of nitrogens with one attached hydrogen (secondary N) is 1. The van der Waals surface area contributed by atoms with Gasteiger partial charge in [0.1, 0.15) is 16.4 Å². The van der Waals surface area contributed by atoms with Crippen molar-refractivity contribution in [1.82, 2.24) is 9.97 Å². The maximum Gasteiger partial charge on any atom is 0.228 e. The minimum Gasteiger partial charge on any atom is -0.495 e. The molecular formula is C13H13ClN4OS. The highest BCUT2D eigenvalue weighted by atomic mass is 35.5. The van der Waals surface area contributed by atoms with E-state index in [1.165, 1.54) is 0 Å². The molecule has 2 aromatic rings. The van der Waals surface area contributed by atoms with Crippen molar-refractivity contribution in [3.05, 3.63) is 40.7 Å². The van der Waals surface area contributed by atoms with Gasteiger partial charge in [-0.05, 0) is 25.1 Å². The average molecular weight is 309 g/mol. The predicted molar refractivity (Wildman–Crippen MR) is 83.9 cm³/mol. The lowest BCUT2D eigenvalue weighted by molar-refractivity contribution is 0.415. The fourth-order valence-electron chi connectivity index (χ4n) is 1.62. The molecule has 2 rings (SSSR count). The Morgan fingerprint density at radius 3 is 2.75 bits per heavy atom. The van der Waals surface area contributed by atoms with Crippen LogP contribution in [-0.2, 0) is 0 Å². The van der Waals surface area contributed by atoms with Crippen molar-refractivity contribution in [3.8, 4) is 5.75 Å². The van der Waals surface area contributed by atoms with Crippen molar-refractivity contribution in [3.63, 3.8) is 0 Å². The molecule has 1 aromatic carbocycles. The monoisotopic (exact) mass is 308 g/mol. The molecule has 0 saturated carbocycles. The SMILES string of the molecule is COc1cc(Nc2nc(C)cc(C(N)=S)n2)ccc1Cl. The van der Waals surface area contributed by atoms with Gasteiger partial charge in [-0.3, -0.25) is 0 Å². The number of nitrogens with zero attached hydrogens (tertiary/aromatic N) is 2. The third-order valence-corrected chi connectivity index (χ3v) is 3.04. The zero-order valence-electron chi connectivity index (χ0n) is 11.0. The summed E-state index contributed by atoms with van der Waals surface area (Å²) in [5.74, 6) is 0.982. The smallest absolute Gasteiger partial charge is 0.228 e. The van der Waals surface area contributed by atoms with Gasteiger partial charge in [0.05, 0.1) is 12.1 Å². The third kappa shape index (κ3) is 3.34. The van der Waals surface area contributed by atoms with Gasteiger partial charge in [-0.1, -0.05) is 23.8 Å². The normalized spacial score (nSPS) is 10.2. The number of aryl methyl sites for hydroxylation is 1. The van der Waals surface area contributed by atoms with E-state index in [-0.39, 0.29) is 4.99 Å². The number of thiocarbonyl (C=S) groups is 1. The molecule has 0 unspecified atom stereocenters. The number of halogens is 1. The summed E-state index contributed by atoms with van der Waals surface area (Å²) in [4.78, 5) is 8.75. The highest BCUT2D eigenvalue weighted by molar-refractivity contribution is 7.80. The quantitative estimate of drug-likeness (QED) is 0.846. The van der Waals surface area contributed by atoms with E-state index in [2.05, 4.69) is 15.3 Å². The third-order valence-electron chi connectivity index (χ3n) is 2.51. The Morgan fingerprint density at radius 2 is 2.10 bits per heavy atom. The van der Waals surface area contributed by atoms with Crippen molar-refractivity contribution in [2.24, 2.45) is 5.73 Å². The van der Waals surface area contributed by atoms with Gasteiger partial charge in [-0.15, -0.1) is 0 Å². The minimum absolute atomic E-state index is 0.229. The summed E-state index contributed by atoms with van der Waals surface area (Å²) in [6, 6.07) is 7.02. The topological polar surface area (TPSA) is 73.1 Å². The molecule has 104 valence electrons. The van der Waals surface area contributed by atoms with Crippen LogP contribution in [-0.4, -0.2) is 22.1 Å². The summed E-state index contributed by atoms with van der Waals surface area (Å²) in [5.41, 5.74) is 7.64. The zero-order chi connectivity index (χ0) is 14.7. The summed E-state index contributed by atoms with van der Waals surface area (Å²) in [5, 5.41) is 3.60. The Bertz CT molecular complexity index is 663. The second kappa shape index (κ2) is 6.02.